The average Bonchev–Trinajstić information content (AvgIpc) is 3.21. The number of benzene rings is 1. The maximum absolute atomic E-state index is 12.9. The standard InChI is InChI=1S/C20H26N2O3S2/c1-15-7-4-5-13-22(15)27(24,25)18-11-9-17(10-12-18)20(23)21(3)16(2)19-8-6-14-26-19/h6,8-12,14-16H,4-5,7,13H2,1-3H3/t15-,16-/m1/s1. The van der Waals surface area contributed by atoms with Gasteiger partial charge in [-0.1, -0.05) is 12.5 Å². The molecule has 1 aliphatic rings. The van der Waals surface area contributed by atoms with Gasteiger partial charge in [0, 0.05) is 30.1 Å². The Bertz CT molecular complexity index is 876. The van der Waals surface area contributed by atoms with Crippen LogP contribution in [0.25, 0.3) is 0 Å². The summed E-state index contributed by atoms with van der Waals surface area (Å²) in [6.07, 6.45) is 2.85. The van der Waals surface area contributed by atoms with Crippen LogP contribution in [0.5, 0.6) is 0 Å². The molecule has 0 bridgehead atoms. The Hall–Kier alpha value is -1.70. The number of thiophene rings is 1. The summed E-state index contributed by atoms with van der Waals surface area (Å²) in [5.74, 6) is -0.119. The van der Waals surface area contributed by atoms with Crippen LogP contribution in [0.4, 0.5) is 0 Å². The van der Waals surface area contributed by atoms with Gasteiger partial charge in [0.2, 0.25) is 10.0 Å². The molecule has 1 saturated heterocycles. The lowest BCUT2D eigenvalue weighted by Crippen LogP contribution is -2.41. The van der Waals surface area contributed by atoms with Crippen LogP contribution in [0, 0.1) is 0 Å². The molecule has 146 valence electrons. The Labute approximate surface area is 165 Å². The molecular weight excluding hydrogens is 380 g/mol. The minimum atomic E-state index is -3.52. The Balaban J connectivity index is 1.77. The summed E-state index contributed by atoms with van der Waals surface area (Å²) in [5.41, 5.74) is 0.492. The van der Waals surface area contributed by atoms with Crippen LogP contribution in [0.1, 0.15) is 54.4 Å². The summed E-state index contributed by atoms with van der Waals surface area (Å²) in [4.78, 5) is 15.8. The smallest absolute Gasteiger partial charge is 0.254 e. The first-order valence-corrected chi connectivity index (χ1v) is 11.6. The molecule has 0 spiro atoms. The number of amides is 1. The number of piperidine rings is 1. The first-order valence-electron chi connectivity index (χ1n) is 9.25. The molecule has 0 aliphatic carbocycles. The number of carbonyl (C=O) groups excluding carboxylic acids is 1. The molecule has 0 saturated carbocycles. The fourth-order valence-electron chi connectivity index (χ4n) is 3.43. The molecule has 2 heterocycles. The molecule has 0 radical (unpaired) electrons. The van der Waals surface area contributed by atoms with Gasteiger partial charge in [-0.05, 0) is 62.4 Å². The van der Waals surface area contributed by atoms with Gasteiger partial charge in [-0.3, -0.25) is 4.79 Å². The number of rotatable bonds is 5. The molecule has 2 aromatic rings. The van der Waals surface area contributed by atoms with Crippen LogP contribution in [0.2, 0.25) is 0 Å². The maximum atomic E-state index is 12.9. The quantitative estimate of drug-likeness (QED) is 0.750. The Morgan fingerprint density at radius 1 is 1.22 bits per heavy atom. The highest BCUT2D eigenvalue weighted by Gasteiger charge is 2.31. The molecule has 1 aliphatic heterocycles. The minimum absolute atomic E-state index is 0.0165. The molecule has 27 heavy (non-hydrogen) atoms. The van der Waals surface area contributed by atoms with Gasteiger partial charge in [-0.25, -0.2) is 8.42 Å². The van der Waals surface area contributed by atoms with Gasteiger partial charge in [0.15, 0.2) is 0 Å². The topological polar surface area (TPSA) is 57.7 Å². The lowest BCUT2D eigenvalue weighted by molar-refractivity contribution is 0.0745. The van der Waals surface area contributed by atoms with Gasteiger partial charge < -0.3 is 4.90 Å². The van der Waals surface area contributed by atoms with Crippen LogP contribution in [0.3, 0.4) is 0 Å². The van der Waals surface area contributed by atoms with Crippen molar-refractivity contribution in [3.8, 4) is 0 Å². The molecule has 1 aromatic carbocycles. The molecule has 5 nitrogen and oxygen atoms in total. The second kappa shape index (κ2) is 8.12. The number of nitrogens with zero attached hydrogens (tertiary/aromatic N) is 2. The first-order chi connectivity index (χ1) is 12.8. The zero-order valence-corrected chi connectivity index (χ0v) is 17.6. The largest absolute Gasteiger partial charge is 0.334 e. The number of hydrogen-bond acceptors (Lipinski definition) is 4. The van der Waals surface area contributed by atoms with E-state index >= 15 is 0 Å². The van der Waals surface area contributed by atoms with E-state index in [2.05, 4.69) is 0 Å². The van der Waals surface area contributed by atoms with E-state index in [4.69, 9.17) is 0 Å². The summed E-state index contributed by atoms with van der Waals surface area (Å²) in [5, 5.41) is 1.99. The zero-order valence-electron chi connectivity index (χ0n) is 16.0. The Morgan fingerprint density at radius 3 is 2.52 bits per heavy atom. The van der Waals surface area contributed by atoms with E-state index in [9.17, 15) is 13.2 Å². The third kappa shape index (κ3) is 4.10. The average molecular weight is 407 g/mol. The summed E-state index contributed by atoms with van der Waals surface area (Å²) >= 11 is 1.62. The van der Waals surface area contributed by atoms with Crippen molar-refractivity contribution in [1.29, 1.82) is 0 Å². The van der Waals surface area contributed by atoms with Crippen molar-refractivity contribution in [1.82, 2.24) is 9.21 Å². The molecule has 3 rings (SSSR count). The van der Waals surface area contributed by atoms with Gasteiger partial charge in [0.25, 0.3) is 5.91 Å². The fourth-order valence-corrected chi connectivity index (χ4v) is 5.96. The van der Waals surface area contributed by atoms with Gasteiger partial charge >= 0.3 is 0 Å². The molecular formula is C20H26N2O3S2. The van der Waals surface area contributed by atoms with E-state index in [0.717, 1.165) is 24.1 Å². The fraction of sp³-hybridized carbons (Fsp3) is 0.450. The van der Waals surface area contributed by atoms with Gasteiger partial charge in [-0.2, -0.15) is 4.31 Å². The number of carbonyl (C=O) groups is 1. The highest BCUT2D eigenvalue weighted by molar-refractivity contribution is 7.89. The van der Waals surface area contributed by atoms with Crippen molar-refractivity contribution >= 4 is 27.3 Å². The zero-order chi connectivity index (χ0) is 19.6. The van der Waals surface area contributed by atoms with Crippen LogP contribution >= 0.6 is 11.3 Å². The lowest BCUT2D eigenvalue weighted by Gasteiger charge is -2.32. The molecule has 0 unspecified atom stereocenters. The van der Waals surface area contributed by atoms with Crippen LogP contribution in [-0.2, 0) is 10.0 Å². The molecule has 2 atom stereocenters. The molecule has 1 fully saturated rings. The van der Waals surface area contributed by atoms with Crippen molar-refractivity contribution in [2.24, 2.45) is 0 Å². The molecule has 0 N–H and O–H groups in total. The second-order valence-electron chi connectivity index (χ2n) is 7.09. The SMILES string of the molecule is C[C@H](c1cccs1)N(C)C(=O)c1ccc(S(=O)(=O)N2CCCC[C@H]2C)cc1. The predicted molar refractivity (Wildman–Crippen MR) is 108 cm³/mol. The highest BCUT2D eigenvalue weighted by atomic mass is 32.2. The summed E-state index contributed by atoms with van der Waals surface area (Å²) < 4.78 is 27.4. The predicted octanol–water partition coefficient (Wildman–Crippen LogP) is 4.14. The van der Waals surface area contributed by atoms with Crippen LogP contribution in [0.15, 0.2) is 46.7 Å². The molecule has 1 amide bonds. The summed E-state index contributed by atoms with van der Waals surface area (Å²) in [6.45, 7) is 4.50. The van der Waals surface area contributed by atoms with Crippen molar-refractivity contribution in [3.05, 3.63) is 52.2 Å². The van der Waals surface area contributed by atoms with Gasteiger partial charge in [-0.15, -0.1) is 11.3 Å². The van der Waals surface area contributed by atoms with E-state index in [1.165, 1.54) is 0 Å². The van der Waals surface area contributed by atoms with E-state index < -0.39 is 10.0 Å². The number of hydrogen-bond donors (Lipinski definition) is 0. The van der Waals surface area contributed by atoms with Crippen molar-refractivity contribution in [2.45, 2.75) is 50.1 Å². The van der Waals surface area contributed by atoms with E-state index in [1.54, 1.807) is 51.9 Å². The van der Waals surface area contributed by atoms with E-state index in [0.29, 0.717) is 12.1 Å². The molecule has 7 heteroatoms. The first kappa shape index (κ1) is 20.0. The lowest BCUT2D eigenvalue weighted by atomic mass is 10.1. The van der Waals surface area contributed by atoms with Crippen LogP contribution < -0.4 is 0 Å². The third-order valence-corrected chi connectivity index (χ3v) is 8.38. The van der Waals surface area contributed by atoms with Crippen molar-refractivity contribution < 1.29 is 13.2 Å². The van der Waals surface area contributed by atoms with E-state index in [-0.39, 0.29) is 22.9 Å². The summed E-state index contributed by atoms with van der Waals surface area (Å²) in [6, 6.07) is 10.3. The normalized spacial score (nSPS) is 19.6. The van der Waals surface area contributed by atoms with E-state index in [1.807, 2.05) is 31.4 Å². The number of sulfonamides is 1. The summed E-state index contributed by atoms with van der Waals surface area (Å²) in [7, 11) is -1.75. The third-order valence-electron chi connectivity index (χ3n) is 5.31. The van der Waals surface area contributed by atoms with Crippen molar-refractivity contribution in [3.63, 3.8) is 0 Å². The highest BCUT2D eigenvalue weighted by Crippen LogP contribution is 2.27. The van der Waals surface area contributed by atoms with Crippen molar-refractivity contribution in [2.75, 3.05) is 13.6 Å². The minimum Gasteiger partial charge on any atom is -0.334 e. The van der Waals surface area contributed by atoms with Gasteiger partial charge in [0.05, 0.1) is 10.9 Å². The molecule has 1 aromatic heterocycles. The second-order valence-corrected chi connectivity index (χ2v) is 9.96. The maximum Gasteiger partial charge on any atom is 0.254 e. The van der Waals surface area contributed by atoms with Gasteiger partial charge in [0.1, 0.15) is 0 Å². The Morgan fingerprint density at radius 2 is 1.93 bits per heavy atom. The van der Waals surface area contributed by atoms with Crippen LogP contribution in [-0.4, -0.2) is 43.2 Å². The Kier molecular flexibility index (Phi) is 6.03. The monoisotopic (exact) mass is 406 g/mol.